The zero-order valence-electron chi connectivity index (χ0n) is 13.6. The molecule has 0 heterocycles. The van der Waals surface area contributed by atoms with E-state index in [1.54, 1.807) is 0 Å². The van der Waals surface area contributed by atoms with Gasteiger partial charge >= 0.3 is 5.97 Å². The monoisotopic (exact) mass is 300 g/mol. The molecule has 2 aliphatic rings. The molecule has 22 heavy (non-hydrogen) atoms. The first-order valence-corrected chi connectivity index (χ1v) is 8.29. The molecular formula is C19H24O3. The van der Waals surface area contributed by atoms with Crippen LogP contribution in [-0.4, -0.2) is 11.8 Å². The lowest BCUT2D eigenvalue weighted by Crippen LogP contribution is -2.40. The van der Waals surface area contributed by atoms with Gasteiger partial charge in [0.25, 0.3) is 0 Å². The maximum atomic E-state index is 12.6. The molecule has 3 rings (SSSR count). The number of ether oxygens (including phenoxy) is 1. The minimum atomic E-state index is -0.152. The quantitative estimate of drug-likeness (QED) is 0.614. The van der Waals surface area contributed by atoms with Gasteiger partial charge in [-0.25, -0.2) is 0 Å². The number of hydrogen-bond acceptors (Lipinski definition) is 3. The van der Waals surface area contributed by atoms with Gasteiger partial charge in [-0.15, -0.1) is 0 Å². The van der Waals surface area contributed by atoms with E-state index in [4.69, 9.17) is 4.74 Å². The van der Waals surface area contributed by atoms with Gasteiger partial charge in [-0.2, -0.15) is 0 Å². The molecule has 0 aliphatic heterocycles. The van der Waals surface area contributed by atoms with Crippen LogP contribution in [0.3, 0.4) is 0 Å². The molecule has 3 heteroatoms. The van der Waals surface area contributed by atoms with E-state index in [1.165, 1.54) is 0 Å². The lowest BCUT2D eigenvalue weighted by molar-refractivity contribution is -0.145. The first-order valence-electron chi connectivity index (χ1n) is 8.29. The fourth-order valence-corrected chi connectivity index (χ4v) is 3.94. The standard InChI is InChI=1S/C19H24O3/c1-11-7-8-12(2)18(13(11)3)22-19(21)16-9-14-5-4-6-15(10-16)17(14)20/h7-8,14-16H,4-6,9-10H2,1-3H3. The number of carbonyl (C=O) groups is 2. The van der Waals surface area contributed by atoms with Crippen LogP contribution in [0.25, 0.3) is 0 Å². The number of carbonyl (C=O) groups excluding carboxylic acids is 2. The van der Waals surface area contributed by atoms with Crippen molar-refractivity contribution in [2.45, 2.75) is 52.9 Å². The van der Waals surface area contributed by atoms with E-state index >= 15 is 0 Å². The van der Waals surface area contributed by atoms with Crippen molar-refractivity contribution in [1.82, 2.24) is 0 Å². The highest BCUT2D eigenvalue weighted by Gasteiger charge is 2.42. The van der Waals surface area contributed by atoms with E-state index in [2.05, 4.69) is 0 Å². The zero-order chi connectivity index (χ0) is 15.9. The third kappa shape index (κ3) is 2.69. The van der Waals surface area contributed by atoms with Crippen LogP contribution >= 0.6 is 0 Å². The number of Topliss-reactive ketones (excluding diaryl/α,β-unsaturated/α-hetero) is 1. The number of aryl methyl sites for hydroxylation is 2. The second kappa shape index (κ2) is 5.86. The van der Waals surface area contributed by atoms with E-state index in [0.29, 0.717) is 24.4 Å². The highest BCUT2D eigenvalue weighted by atomic mass is 16.5. The number of benzene rings is 1. The maximum Gasteiger partial charge on any atom is 0.314 e. The van der Waals surface area contributed by atoms with Gasteiger partial charge in [0, 0.05) is 11.8 Å². The Hall–Kier alpha value is -1.64. The lowest BCUT2D eigenvalue weighted by atomic mass is 9.67. The summed E-state index contributed by atoms with van der Waals surface area (Å²) in [5.41, 5.74) is 3.15. The van der Waals surface area contributed by atoms with Crippen LogP contribution in [0.5, 0.6) is 5.75 Å². The first kappa shape index (κ1) is 15.3. The highest BCUT2D eigenvalue weighted by Crippen LogP contribution is 2.41. The summed E-state index contributed by atoms with van der Waals surface area (Å²) in [7, 11) is 0. The number of rotatable bonds is 2. The molecule has 2 bridgehead atoms. The normalized spacial score (nSPS) is 27.6. The summed E-state index contributed by atoms with van der Waals surface area (Å²) >= 11 is 0. The Labute approximate surface area is 132 Å². The molecule has 2 atom stereocenters. The van der Waals surface area contributed by atoms with Crippen molar-refractivity contribution in [3.05, 3.63) is 28.8 Å². The smallest absolute Gasteiger partial charge is 0.314 e. The fourth-order valence-electron chi connectivity index (χ4n) is 3.94. The summed E-state index contributed by atoms with van der Waals surface area (Å²) in [4.78, 5) is 24.7. The van der Waals surface area contributed by atoms with Crippen LogP contribution in [-0.2, 0) is 9.59 Å². The molecule has 2 saturated carbocycles. The molecule has 2 fully saturated rings. The van der Waals surface area contributed by atoms with Crippen molar-refractivity contribution in [2.24, 2.45) is 17.8 Å². The van der Waals surface area contributed by atoms with E-state index in [0.717, 1.165) is 36.0 Å². The van der Waals surface area contributed by atoms with Crippen LogP contribution in [0.15, 0.2) is 12.1 Å². The van der Waals surface area contributed by atoms with Crippen molar-refractivity contribution in [2.75, 3.05) is 0 Å². The van der Waals surface area contributed by atoms with Crippen molar-refractivity contribution < 1.29 is 14.3 Å². The third-order valence-corrected chi connectivity index (χ3v) is 5.46. The lowest BCUT2D eigenvalue weighted by Gasteiger charge is -2.36. The van der Waals surface area contributed by atoms with Gasteiger partial charge in [0.05, 0.1) is 5.92 Å². The van der Waals surface area contributed by atoms with Crippen LogP contribution < -0.4 is 4.74 Å². The number of esters is 1. The Kier molecular flexibility index (Phi) is 4.07. The SMILES string of the molecule is Cc1ccc(C)c(OC(=O)C2CC3CCCC(C2)C3=O)c1C. The number of ketones is 1. The minimum absolute atomic E-state index is 0.0877. The van der Waals surface area contributed by atoms with E-state index < -0.39 is 0 Å². The van der Waals surface area contributed by atoms with E-state index in [-0.39, 0.29) is 23.7 Å². The fraction of sp³-hybridized carbons (Fsp3) is 0.579. The summed E-state index contributed by atoms with van der Waals surface area (Å²) in [5.74, 6) is 0.994. The van der Waals surface area contributed by atoms with Crippen molar-refractivity contribution in [3.63, 3.8) is 0 Å². The van der Waals surface area contributed by atoms with E-state index in [9.17, 15) is 9.59 Å². The summed E-state index contributed by atoms with van der Waals surface area (Å²) in [5, 5.41) is 0. The molecule has 1 aromatic carbocycles. The number of fused-ring (bicyclic) bond motifs is 2. The molecule has 0 radical (unpaired) electrons. The van der Waals surface area contributed by atoms with Gasteiger partial charge in [0.2, 0.25) is 0 Å². The minimum Gasteiger partial charge on any atom is -0.426 e. The zero-order valence-corrected chi connectivity index (χ0v) is 13.6. The summed E-state index contributed by atoms with van der Waals surface area (Å²) < 4.78 is 5.75. The molecule has 2 unspecified atom stereocenters. The van der Waals surface area contributed by atoms with Gasteiger partial charge in [0.15, 0.2) is 0 Å². The average molecular weight is 300 g/mol. The molecule has 0 saturated heterocycles. The Morgan fingerprint density at radius 1 is 1.05 bits per heavy atom. The van der Waals surface area contributed by atoms with Gasteiger partial charge in [0.1, 0.15) is 11.5 Å². The average Bonchev–Trinajstić information content (AvgIpc) is 2.47. The van der Waals surface area contributed by atoms with Gasteiger partial charge < -0.3 is 4.74 Å². The largest absolute Gasteiger partial charge is 0.426 e. The molecule has 2 aliphatic carbocycles. The molecule has 0 spiro atoms. The molecule has 0 aromatic heterocycles. The Balaban J connectivity index is 1.76. The van der Waals surface area contributed by atoms with Crippen molar-refractivity contribution >= 4 is 11.8 Å². The summed E-state index contributed by atoms with van der Waals surface area (Å²) in [6.07, 6.45) is 4.37. The van der Waals surface area contributed by atoms with Crippen molar-refractivity contribution in [3.8, 4) is 5.75 Å². The van der Waals surface area contributed by atoms with Crippen LogP contribution in [0, 0.1) is 38.5 Å². The van der Waals surface area contributed by atoms with Gasteiger partial charge in [-0.3, -0.25) is 9.59 Å². The topological polar surface area (TPSA) is 43.4 Å². The molecule has 3 nitrogen and oxygen atoms in total. The molecule has 0 amide bonds. The summed E-state index contributed by atoms with van der Waals surface area (Å²) in [6, 6.07) is 4.04. The third-order valence-electron chi connectivity index (χ3n) is 5.46. The molecule has 118 valence electrons. The van der Waals surface area contributed by atoms with Crippen LogP contribution in [0.4, 0.5) is 0 Å². The van der Waals surface area contributed by atoms with Crippen LogP contribution in [0.1, 0.15) is 48.8 Å². The first-order chi connectivity index (χ1) is 10.5. The second-order valence-electron chi connectivity index (χ2n) is 6.97. The molecular weight excluding hydrogens is 276 g/mol. The molecule has 0 N–H and O–H groups in total. The number of hydrogen-bond donors (Lipinski definition) is 0. The predicted molar refractivity (Wildman–Crippen MR) is 84.9 cm³/mol. The predicted octanol–water partition coefficient (Wildman–Crippen LogP) is 3.91. The van der Waals surface area contributed by atoms with Crippen LogP contribution in [0.2, 0.25) is 0 Å². The Bertz CT molecular complexity index is 601. The Morgan fingerprint density at radius 3 is 2.27 bits per heavy atom. The summed E-state index contributed by atoms with van der Waals surface area (Å²) in [6.45, 7) is 5.98. The van der Waals surface area contributed by atoms with Gasteiger partial charge in [-0.1, -0.05) is 18.6 Å². The second-order valence-corrected chi connectivity index (χ2v) is 6.97. The molecule has 1 aromatic rings. The highest BCUT2D eigenvalue weighted by molar-refractivity contribution is 5.87. The van der Waals surface area contributed by atoms with E-state index in [1.807, 2.05) is 32.9 Å². The maximum absolute atomic E-state index is 12.6. The van der Waals surface area contributed by atoms with Crippen molar-refractivity contribution in [1.29, 1.82) is 0 Å². The Morgan fingerprint density at radius 2 is 1.64 bits per heavy atom. The van der Waals surface area contributed by atoms with Gasteiger partial charge in [-0.05, 0) is 63.1 Å².